The second-order valence-electron chi connectivity index (χ2n) is 8.24. The van der Waals surface area contributed by atoms with Gasteiger partial charge in [0, 0.05) is 50.7 Å². The number of hydrogen-bond acceptors (Lipinski definition) is 5. The molecule has 0 unspecified atom stereocenters. The molecule has 2 aliphatic heterocycles. The Balaban J connectivity index is 1.46. The molecule has 1 aromatic carbocycles. The Hall–Kier alpha value is -1.97. The lowest BCUT2D eigenvalue weighted by molar-refractivity contribution is -0.139. The van der Waals surface area contributed by atoms with E-state index in [2.05, 4.69) is 0 Å². The first kappa shape index (κ1) is 21.3. The van der Waals surface area contributed by atoms with Gasteiger partial charge >= 0.3 is 0 Å². The van der Waals surface area contributed by atoms with Crippen LogP contribution in [0, 0.1) is 12.8 Å². The van der Waals surface area contributed by atoms with Crippen molar-refractivity contribution in [2.45, 2.75) is 31.1 Å². The molecular weight excluding hydrogens is 406 g/mol. The van der Waals surface area contributed by atoms with Crippen LogP contribution in [0.1, 0.15) is 35.2 Å². The minimum Gasteiger partial charge on any atom is -0.379 e. The zero-order valence-corrected chi connectivity index (χ0v) is 18.2. The fraction of sp³-hybridized carbons (Fsp3) is 0.619. The molecule has 2 amide bonds. The lowest BCUT2D eigenvalue weighted by atomic mass is 9.84. The summed E-state index contributed by atoms with van der Waals surface area (Å²) in [6.07, 6.45) is 3.07. The van der Waals surface area contributed by atoms with Crippen LogP contribution in [0.4, 0.5) is 0 Å². The molecule has 2 saturated heterocycles. The fourth-order valence-corrected chi connectivity index (χ4v) is 5.82. The standard InChI is InChI=1S/C21H29N3O5S/c1-16-5-6-18(15-19(16)30(27,28)24-11-13-29-14-12-24)21(26)23-9-7-22(8-10-23)20(25)17-3-2-4-17/h5-6,15,17H,2-4,7-14H2,1H3. The van der Waals surface area contributed by atoms with Crippen molar-refractivity contribution >= 4 is 21.8 Å². The molecule has 0 N–H and O–H groups in total. The number of benzene rings is 1. The summed E-state index contributed by atoms with van der Waals surface area (Å²) in [4.78, 5) is 29.2. The summed E-state index contributed by atoms with van der Waals surface area (Å²) >= 11 is 0. The van der Waals surface area contributed by atoms with Gasteiger partial charge in [0.2, 0.25) is 15.9 Å². The van der Waals surface area contributed by atoms with E-state index in [1.54, 1.807) is 24.0 Å². The van der Waals surface area contributed by atoms with Crippen molar-refractivity contribution in [1.29, 1.82) is 0 Å². The molecule has 164 valence electrons. The number of nitrogens with zero attached hydrogens (tertiary/aromatic N) is 3. The van der Waals surface area contributed by atoms with E-state index >= 15 is 0 Å². The van der Waals surface area contributed by atoms with Crippen LogP contribution < -0.4 is 0 Å². The highest BCUT2D eigenvalue weighted by Crippen LogP contribution is 2.29. The van der Waals surface area contributed by atoms with E-state index in [4.69, 9.17) is 4.74 Å². The third-order valence-corrected chi connectivity index (χ3v) is 8.40. The van der Waals surface area contributed by atoms with Crippen LogP contribution in [0.3, 0.4) is 0 Å². The van der Waals surface area contributed by atoms with Gasteiger partial charge in [-0.1, -0.05) is 12.5 Å². The van der Waals surface area contributed by atoms with Gasteiger partial charge in [0.15, 0.2) is 0 Å². The monoisotopic (exact) mass is 435 g/mol. The highest BCUT2D eigenvalue weighted by atomic mass is 32.2. The van der Waals surface area contributed by atoms with Crippen molar-refractivity contribution in [2.24, 2.45) is 5.92 Å². The number of sulfonamides is 1. The number of piperazine rings is 1. The summed E-state index contributed by atoms with van der Waals surface area (Å²) in [6, 6.07) is 4.87. The highest BCUT2D eigenvalue weighted by molar-refractivity contribution is 7.89. The quantitative estimate of drug-likeness (QED) is 0.707. The fourth-order valence-electron chi connectivity index (χ4n) is 4.16. The smallest absolute Gasteiger partial charge is 0.254 e. The topological polar surface area (TPSA) is 87.2 Å². The van der Waals surface area contributed by atoms with Gasteiger partial charge in [-0.2, -0.15) is 4.31 Å². The molecule has 0 bridgehead atoms. The summed E-state index contributed by atoms with van der Waals surface area (Å²) in [7, 11) is -3.68. The van der Waals surface area contributed by atoms with Crippen molar-refractivity contribution in [3.05, 3.63) is 29.3 Å². The van der Waals surface area contributed by atoms with E-state index in [1.807, 2.05) is 4.90 Å². The molecule has 2 heterocycles. The van der Waals surface area contributed by atoms with E-state index in [-0.39, 0.29) is 22.6 Å². The van der Waals surface area contributed by atoms with Crippen LogP contribution in [-0.2, 0) is 19.6 Å². The van der Waals surface area contributed by atoms with E-state index in [0.29, 0.717) is 63.6 Å². The Morgan fingerprint density at radius 2 is 1.60 bits per heavy atom. The van der Waals surface area contributed by atoms with Crippen molar-refractivity contribution in [3.8, 4) is 0 Å². The van der Waals surface area contributed by atoms with Crippen LogP contribution >= 0.6 is 0 Å². The molecule has 30 heavy (non-hydrogen) atoms. The lowest BCUT2D eigenvalue weighted by Gasteiger charge is -2.38. The van der Waals surface area contributed by atoms with Gasteiger partial charge in [-0.3, -0.25) is 9.59 Å². The maximum absolute atomic E-state index is 13.1. The van der Waals surface area contributed by atoms with Gasteiger partial charge in [-0.15, -0.1) is 0 Å². The number of carbonyl (C=O) groups is 2. The first-order valence-electron chi connectivity index (χ1n) is 10.6. The SMILES string of the molecule is Cc1ccc(C(=O)N2CCN(C(=O)C3CCC3)CC2)cc1S(=O)(=O)N1CCOCC1. The number of aryl methyl sites for hydroxylation is 1. The van der Waals surface area contributed by atoms with E-state index in [0.717, 1.165) is 19.3 Å². The number of morpholine rings is 1. The van der Waals surface area contributed by atoms with Crippen molar-refractivity contribution in [3.63, 3.8) is 0 Å². The maximum atomic E-state index is 13.1. The highest BCUT2D eigenvalue weighted by Gasteiger charge is 2.33. The van der Waals surface area contributed by atoms with Gasteiger partial charge in [0.05, 0.1) is 18.1 Å². The molecule has 1 saturated carbocycles. The van der Waals surface area contributed by atoms with E-state index in [9.17, 15) is 18.0 Å². The Morgan fingerprint density at radius 3 is 2.20 bits per heavy atom. The zero-order chi connectivity index (χ0) is 21.3. The normalized spacial score (nSPS) is 21.4. The van der Waals surface area contributed by atoms with Crippen LogP contribution in [0.15, 0.2) is 23.1 Å². The third-order valence-electron chi connectivity index (χ3n) is 6.36. The molecule has 1 aromatic rings. The molecule has 9 heteroatoms. The van der Waals surface area contributed by atoms with Crippen LogP contribution in [-0.4, -0.2) is 86.8 Å². The largest absolute Gasteiger partial charge is 0.379 e. The first-order valence-corrected chi connectivity index (χ1v) is 12.1. The van der Waals surface area contributed by atoms with Crippen molar-refractivity contribution in [2.75, 3.05) is 52.5 Å². The summed E-state index contributed by atoms with van der Waals surface area (Å²) in [5, 5.41) is 0. The zero-order valence-electron chi connectivity index (χ0n) is 17.4. The summed E-state index contributed by atoms with van der Waals surface area (Å²) in [5.74, 6) is 0.184. The average molecular weight is 436 g/mol. The predicted octanol–water partition coefficient (Wildman–Crippen LogP) is 1.10. The van der Waals surface area contributed by atoms with Gasteiger partial charge in [0.1, 0.15) is 0 Å². The number of ether oxygens (including phenoxy) is 1. The molecule has 8 nitrogen and oxygen atoms in total. The first-order chi connectivity index (χ1) is 14.4. The maximum Gasteiger partial charge on any atom is 0.254 e. The van der Waals surface area contributed by atoms with Crippen LogP contribution in [0.5, 0.6) is 0 Å². The van der Waals surface area contributed by atoms with Gasteiger partial charge in [-0.05, 0) is 37.5 Å². The van der Waals surface area contributed by atoms with Gasteiger partial charge in [-0.25, -0.2) is 8.42 Å². The second kappa shape index (κ2) is 8.64. The minimum atomic E-state index is -3.68. The Morgan fingerprint density at radius 1 is 0.967 bits per heavy atom. The van der Waals surface area contributed by atoms with Crippen LogP contribution in [0.2, 0.25) is 0 Å². The summed E-state index contributed by atoms with van der Waals surface area (Å²) in [5.41, 5.74) is 0.986. The molecule has 0 radical (unpaired) electrons. The molecular formula is C21H29N3O5S. The minimum absolute atomic E-state index is 0.164. The molecule has 4 rings (SSSR count). The molecule has 3 fully saturated rings. The Bertz CT molecular complexity index is 915. The Kier molecular flexibility index (Phi) is 6.13. The number of carbonyl (C=O) groups excluding carboxylic acids is 2. The Labute approximate surface area is 177 Å². The van der Waals surface area contributed by atoms with Crippen molar-refractivity contribution < 1.29 is 22.7 Å². The van der Waals surface area contributed by atoms with Gasteiger partial charge in [0.25, 0.3) is 5.91 Å². The number of amides is 2. The molecule has 0 spiro atoms. The van der Waals surface area contributed by atoms with E-state index < -0.39 is 10.0 Å². The predicted molar refractivity (Wildman–Crippen MR) is 111 cm³/mol. The molecule has 3 aliphatic rings. The number of hydrogen-bond donors (Lipinski definition) is 0. The van der Waals surface area contributed by atoms with Crippen molar-refractivity contribution in [1.82, 2.24) is 14.1 Å². The summed E-state index contributed by atoms with van der Waals surface area (Å²) < 4.78 is 32.8. The lowest BCUT2D eigenvalue weighted by Crippen LogP contribution is -2.52. The van der Waals surface area contributed by atoms with Crippen LogP contribution in [0.25, 0.3) is 0 Å². The van der Waals surface area contributed by atoms with E-state index in [1.165, 1.54) is 10.4 Å². The average Bonchev–Trinajstić information content (AvgIpc) is 2.73. The molecule has 1 aliphatic carbocycles. The number of rotatable bonds is 4. The molecule has 0 atom stereocenters. The van der Waals surface area contributed by atoms with Gasteiger partial charge < -0.3 is 14.5 Å². The second-order valence-corrected chi connectivity index (χ2v) is 10.1. The molecule has 0 aromatic heterocycles. The summed E-state index contributed by atoms with van der Waals surface area (Å²) in [6.45, 7) is 5.13. The third kappa shape index (κ3) is 4.10.